The van der Waals surface area contributed by atoms with Crippen molar-refractivity contribution in [2.45, 2.75) is 11.8 Å². The third-order valence-corrected chi connectivity index (χ3v) is 2.90. The molecule has 0 saturated carbocycles. The van der Waals surface area contributed by atoms with Crippen molar-refractivity contribution in [1.29, 1.82) is 0 Å². The van der Waals surface area contributed by atoms with Gasteiger partial charge in [0.2, 0.25) is 15.0 Å². The predicted molar refractivity (Wildman–Crippen MR) is 55.8 cm³/mol. The summed E-state index contributed by atoms with van der Waals surface area (Å²) in [6.07, 6.45) is 1.00. The summed E-state index contributed by atoms with van der Waals surface area (Å²) < 4.78 is 50.6. The Labute approximate surface area is 95.3 Å². The fourth-order valence-electron chi connectivity index (χ4n) is 1.32. The van der Waals surface area contributed by atoms with Crippen LogP contribution in [0.25, 0.3) is 11.0 Å². The summed E-state index contributed by atoms with van der Waals surface area (Å²) in [5, 5.41) is -0.207. The molecule has 0 amide bonds. The number of alkyl halides is 2. The first kappa shape index (κ1) is 11.8. The Bertz CT molecular complexity index is 651. The highest BCUT2D eigenvalue weighted by molar-refractivity contribution is 7.90. The van der Waals surface area contributed by atoms with E-state index in [0.29, 0.717) is 11.0 Å². The Morgan fingerprint density at radius 1 is 1.41 bits per heavy atom. The van der Waals surface area contributed by atoms with Crippen molar-refractivity contribution in [3.05, 3.63) is 18.2 Å². The molecule has 92 valence electrons. The molecular formula is C9H8F2N2O3S. The van der Waals surface area contributed by atoms with Gasteiger partial charge in [0, 0.05) is 12.3 Å². The second-order valence-electron chi connectivity index (χ2n) is 3.37. The summed E-state index contributed by atoms with van der Waals surface area (Å²) in [6, 6.07) is 3.96. The van der Waals surface area contributed by atoms with Crippen molar-refractivity contribution in [3.63, 3.8) is 0 Å². The maximum absolute atomic E-state index is 12.0. The molecule has 1 aromatic heterocycles. The van der Waals surface area contributed by atoms with Gasteiger partial charge in [0.15, 0.2) is 0 Å². The van der Waals surface area contributed by atoms with E-state index in [9.17, 15) is 17.2 Å². The number of hydrogen-bond donors (Lipinski definition) is 1. The number of ether oxygens (including phenoxy) is 1. The maximum Gasteiger partial charge on any atom is 0.387 e. The molecular weight excluding hydrogens is 254 g/mol. The summed E-state index contributed by atoms with van der Waals surface area (Å²) >= 11 is 0. The van der Waals surface area contributed by atoms with E-state index in [1.807, 2.05) is 0 Å². The summed E-state index contributed by atoms with van der Waals surface area (Å²) in [7, 11) is -3.46. The summed E-state index contributed by atoms with van der Waals surface area (Å²) in [6.45, 7) is -2.93. The largest absolute Gasteiger partial charge is 0.435 e. The van der Waals surface area contributed by atoms with Gasteiger partial charge >= 0.3 is 6.61 Å². The zero-order valence-corrected chi connectivity index (χ0v) is 9.46. The van der Waals surface area contributed by atoms with E-state index in [0.717, 1.165) is 6.26 Å². The van der Waals surface area contributed by atoms with Crippen LogP contribution in [0.3, 0.4) is 0 Å². The summed E-state index contributed by atoms with van der Waals surface area (Å²) in [5.41, 5.74) is 0.690. The molecule has 0 aliphatic heterocycles. The zero-order valence-electron chi connectivity index (χ0n) is 8.65. The third-order valence-electron chi connectivity index (χ3n) is 2.01. The van der Waals surface area contributed by atoms with E-state index < -0.39 is 16.4 Å². The van der Waals surface area contributed by atoms with E-state index >= 15 is 0 Å². The monoisotopic (exact) mass is 262 g/mol. The molecule has 0 radical (unpaired) electrons. The van der Waals surface area contributed by atoms with Crippen molar-refractivity contribution in [1.82, 2.24) is 9.97 Å². The van der Waals surface area contributed by atoms with Crippen LogP contribution in [0.5, 0.6) is 5.75 Å². The van der Waals surface area contributed by atoms with Crippen LogP contribution in [0.4, 0.5) is 8.78 Å². The SMILES string of the molecule is CS(=O)(=O)c1nc2ccc(OC(F)F)cc2[nH]1. The van der Waals surface area contributed by atoms with E-state index in [1.54, 1.807) is 0 Å². The van der Waals surface area contributed by atoms with Crippen LogP contribution in [-0.2, 0) is 9.84 Å². The van der Waals surface area contributed by atoms with E-state index in [2.05, 4.69) is 14.7 Å². The average molecular weight is 262 g/mol. The van der Waals surface area contributed by atoms with Gasteiger partial charge in [-0.3, -0.25) is 0 Å². The van der Waals surface area contributed by atoms with Crippen LogP contribution in [0.1, 0.15) is 0 Å². The summed E-state index contributed by atoms with van der Waals surface area (Å²) in [5.74, 6) is -0.0591. The lowest BCUT2D eigenvalue weighted by atomic mass is 10.3. The van der Waals surface area contributed by atoms with Gasteiger partial charge < -0.3 is 9.72 Å². The van der Waals surface area contributed by atoms with Crippen molar-refractivity contribution < 1.29 is 21.9 Å². The highest BCUT2D eigenvalue weighted by Crippen LogP contribution is 2.21. The molecule has 1 aromatic carbocycles. The van der Waals surface area contributed by atoms with Gasteiger partial charge in [-0.05, 0) is 12.1 Å². The Balaban J connectivity index is 2.48. The lowest BCUT2D eigenvalue weighted by molar-refractivity contribution is -0.0497. The topological polar surface area (TPSA) is 72.1 Å². The van der Waals surface area contributed by atoms with Crippen molar-refractivity contribution in [2.75, 3.05) is 6.26 Å². The number of fused-ring (bicyclic) bond motifs is 1. The molecule has 5 nitrogen and oxygen atoms in total. The number of benzene rings is 1. The third kappa shape index (κ3) is 2.52. The maximum atomic E-state index is 12.0. The first-order valence-corrected chi connectivity index (χ1v) is 6.40. The van der Waals surface area contributed by atoms with E-state index in [4.69, 9.17) is 0 Å². The van der Waals surface area contributed by atoms with Crippen LogP contribution in [0.15, 0.2) is 23.4 Å². The van der Waals surface area contributed by atoms with E-state index in [1.165, 1.54) is 18.2 Å². The molecule has 0 unspecified atom stereocenters. The number of imidazole rings is 1. The number of nitrogens with zero attached hydrogens (tertiary/aromatic N) is 1. The zero-order chi connectivity index (χ0) is 12.6. The molecule has 8 heteroatoms. The Morgan fingerprint density at radius 2 is 2.12 bits per heavy atom. The van der Waals surface area contributed by atoms with Crippen LogP contribution in [0.2, 0.25) is 0 Å². The molecule has 2 aromatic rings. The quantitative estimate of drug-likeness (QED) is 0.911. The first-order valence-electron chi connectivity index (χ1n) is 4.51. The van der Waals surface area contributed by atoms with Crippen molar-refractivity contribution >= 4 is 20.9 Å². The van der Waals surface area contributed by atoms with E-state index in [-0.39, 0.29) is 10.9 Å². The van der Waals surface area contributed by atoms with Gasteiger partial charge in [0.05, 0.1) is 11.0 Å². The molecule has 17 heavy (non-hydrogen) atoms. The second-order valence-corrected chi connectivity index (χ2v) is 5.30. The van der Waals surface area contributed by atoms with Gasteiger partial charge in [0.25, 0.3) is 0 Å². The Hall–Kier alpha value is -1.70. The smallest absolute Gasteiger partial charge is 0.387 e. The predicted octanol–water partition coefficient (Wildman–Crippen LogP) is 1.57. The molecule has 0 atom stereocenters. The van der Waals surface area contributed by atoms with Crippen LogP contribution < -0.4 is 4.74 Å². The summed E-state index contributed by atoms with van der Waals surface area (Å²) in [4.78, 5) is 6.34. The number of aromatic amines is 1. The number of aromatic nitrogens is 2. The lowest BCUT2D eigenvalue weighted by Gasteiger charge is -2.02. The van der Waals surface area contributed by atoms with Gasteiger partial charge in [-0.25, -0.2) is 13.4 Å². The number of halogens is 2. The number of sulfone groups is 1. The van der Waals surface area contributed by atoms with Crippen LogP contribution in [-0.4, -0.2) is 31.3 Å². The number of hydrogen-bond acceptors (Lipinski definition) is 4. The molecule has 0 fully saturated rings. The average Bonchev–Trinajstić information content (AvgIpc) is 2.58. The molecule has 0 spiro atoms. The lowest BCUT2D eigenvalue weighted by Crippen LogP contribution is -2.01. The molecule has 1 N–H and O–H groups in total. The number of nitrogens with one attached hydrogen (secondary N) is 1. The van der Waals surface area contributed by atoms with Gasteiger partial charge in [0.1, 0.15) is 5.75 Å². The molecule has 0 aliphatic carbocycles. The van der Waals surface area contributed by atoms with Crippen LogP contribution >= 0.6 is 0 Å². The Kier molecular flexibility index (Phi) is 2.74. The normalized spacial score (nSPS) is 12.2. The van der Waals surface area contributed by atoms with Gasteiger partial charge in [-0.1, -0.05) is 0 Å². The van der Waals surface area contributed by atoms with Crippen molar-refractivity contribution in [2.24, 2.45) is 0 Å². The number of rotatable bonds is 3. The van der Waals surface area contributed by atoms with Crippen LogP contribution in [0, 0.1) is 0 Å². The minimum Gasteiger partial charge on any atom is -0.435 e. The van der Waals surface area contributed by atoms with Gasteiger partial charge in [-0.2, -0.15) is 8.78 Å². The molecule has 0 aliphatic rings. The minimum atomic E-state index is -3.46. The Morgan fingerprint density at radius 3 is 2.71 bits per heavy atom. The van der Waals surface area contributed by atoms with Gasteiger partial charge in [-0.15, -0.1) is 0 Å². The molecule has 0 saturated heterocycles. The fraction of sp³-hybridized carbons (Fsp3) is 0.222. The first-order chi connectivity index (χ1) is 7.86. The second kappa shape index (κ2) is 3.95. The fourth-order valence-corrected chi connectivity index (χ4v) is 1.88. The minimum absolute atomic E-state index is 0.0591. The molecule has 1 heterocycles. The van der Waals surface area contributed by atoms with Crippen molar-refractivity contribution in [3.8, 4) is 5.75 Å². The number of H-pyrrole nitrogens is 1. The molecule has 2 rings (SSSR count). The highest BCUT2D eigenvalue weighted by Gasteiger charge is 2.13. The molecule has 0 bridgehead atoms. The highest BCUT2D eigenvalue weighted by atomic mass is 32.2. The standard InChI is InChI=1S/C9H8F2N2O3S/c1-17(14,15)9-12-6-3-2-5(16-8(10)11)4-7(6)13-9/h2-4,8H,1H3,(H,12,13).